The van der Waals surface area contributed by atoms with Crippen LogP contribution in [0.3, 0.4) is 0 Å². The molecule has 0 unspecified atom stereocenters. The number of ketones is 1. The second-order valence-electron chi connectivity index (χ2n) is 9.13. The van der Waals surface area contributed by atoms with Crippen molar-refractivity contribution in [2.24, 2.45) is 0 Å². The summed E-state index contributed by atoms with van der Waals surface area (Å²) in [4.78, 5) is 30.2. The van der Waals surface area contributed by atoms with Crippen LogP contribution >= 0.6 is 0 Å². The number of rotatable bonds is 10. The first-order valence-corrected chi connectivity index (χ1v) is 12.2. The van der Waals surface area contributed by atoms with Crippen molar-refractivity contribution in [1.82, 2.24) is 34.4 Å². The van der Waals surface area contributed by atoms with Gasteiger partial charge in [0.15, 0.2) is 5.76 Å². The number of piperazine rings is 1. The summed E-state index contributed by atoms with van der Waals surface area (Å²) < 4.78 is 6.72. The summed E-state index contributed by atoms with van der Waals surface area (Å²) in [5.41, 5.74) is 8.25. The molecule has 11 nitrogen and oxygen atoms in total. The highest BCUT2D eigenvalue weighted by molar-refractivity contribution is 5.81. The van der Waals surface area contributed by atoms with E-state index in [1.54, 1.807) is 18.4 Å². The maximum atomic E-state index is 12.4. The van der Waals surface area contributed by atoms with E-state index in [9.17, 15) is 4.79 Å². The SMILES string of the molecule is CN1CCN(CCC(=O)Cc2ccc(CCNc3nc(N)n4nc(-c5ccco5)nc4n3)cc2)CC1. The molecule has 0 aliphatic carbocycles. The maximum Gasteiger partial charge on any atom is 0.259 e. The van der Waals surface area contributed by atoms with Gasteiger partial charge in [0, 0.05) is 52.1 Å². The van der Waals surface area contributed by atoms with Crippen molar-refractivity contribution < 1.29 is 9.21 Å². The van der Waals surface area contributed by atoms with Gasteiger partial charge in [0.2, 0.25) is 17.7 Å². The average Bonchev–Trinajstić information content (AvgIpc) is 3.55. The van der Waals surface area contributed by atoms with E-state index in [1.165, 1.54) is 4.52 Å². The van der Waals surface area contributed by atoms with E-state index in [1.807, 2.05) is 12.1 Å². The number of hydrogen-bond donors (Lipinski definition) is 2. The zero-order chi connectivity index (χ0) is 24.9. The minimum atomic E-state index is 0.189. The van der Waals surface area contributed by atoms with E-state index in [0.717, 1.165) is 50.3 Å². The Morgan fingerprint density at radius 3 is 2.58 bits per heavy atom. The molecule has 1 aliphatic rings. The first-order chi connectivity index (χ1) is 17.5. The highest BCUT2D eigenvalue weighted by Crippen LogP contribution is 2.17. The molecule has 36 heavy (non-hydrogen) atoms. The monoisotopic (exact) mass is 489 g/mol. The topological polar surface area (TPSA) is 131 Å². The van der Waals surface area contributed by atoms with Crippen LogP contribution in [0.5, 0.6) is 0 Å². The average molecular weight is 490 g/mol. The fraction of sp³-hybridized carbons (Fsp3) is 0.400. The number of benzene rings is 1. The minimum Gasteiger partial charge on any atom is -0.461 e. The Hall–Kier alpha value is -3.83. The van der Waals surface area contributed by atoms with Crippen LogP contribution in [-0.4, -0.2) is 86.5 Å². The Bertz CT molecular complexity index is 1290. The van der Waals surface area contributed by atoms with E-state index < -0.39 is 0 Å². The molecule has 3 aromatic heterocycles. The Labute approximate surface area is 209 Å². The molecule has 4 aromatic rings. The van der Waals surface area contributed by atoms with E-state index >= 15 is 0 Å². The lowest BCUT2D eigenvalue weighted by atomic mass is 10.0. The largest absolute Gasteiger partial charge is 0.461 e. The molecular formula is C25H31N9O2. The van der Waals surface area contributed by atoms with E-state index in [2.05, 4.69) is 54.3 Å². The number of Topliss-reactive ketones (excluding diaryl/α,β-unsaturated/α-hetero) is 1. The summed E-state index contributed by atoms with van der Waals surface area (Å²) in [5, 5.41) is 7.50. The minimum absolute atomic E-state index is 0.189. The van der Waals surface area contributed by atoms with Crippen molar-refractivity contribution in [3.8, 4) is 11.6 Å². The summed E-state index contributed by atoms with van der Waals surface area (Å²) in [6, 6.07) is 11.7. The van der Waals surface area contributed by atoms with Crippen LogP contribution in [0.2, 0.25) is 0 Å². The molecule has 0 radical (unpaired) electrons. The molecule has 11 heteroatoms. The van der Waals surface area contributed by atoms with Gasteiger partial charge >= 0.3 is 0 Å². The quantitative estimate of drug-likeness (QED) is 0.340. The molecule has 0 bridgehead atoms. The highest BCUT2D eigenvalue weighted by Gasteiger charge is 2.15. The lowest BCUT2D eigenvalue weighted by molar-refractivity contribution is -0.118. The molecule has 5 rings (SSSR count). The lowest BCUT2D eigenvalue weighted by Crippen LogP contribution is -2.45. The van der Waals surface area contributed by atoms with Gasteiger partial charge in [0.25, 0.3) is 5.78 Å². The molecule has 1 aliphatic heterocycles. The molecule has 1 aromatic carbocycles. The Morgan fingerprint density at radius 2 is 1.83 bits per heavy atom. The van der Waals surface area contributed by atoms with Crippen molar-refractivity contribution in [1.29, 1.82) is 0 Å². The van der Waals surface area contributed by atoms with Crippen molar-refractivity contribution in [2.45, 2.75) is 19.3 Å². The lowest BCUT2D eigenvalue weighted by Gasteiger charge is -2.32. The fourth-order valence-corrected chi connectivity index (χ4v) is 4.21. The first-order valence-electron chi connectivity index (χ1n) is 12.2. The van der Waals surface area contributed by atoms with Crippen LogP contribution in [-0.2, 0) is 17.6 Å². The molecule has 4 heterocycles. The zero-order valence-corrected chi connectivity index (χ0v) is 20.4. The smallest absolute Gasteiger partial charge is 0.259 e. The van der Waals surface area contributed by atoms with E-state index in [4.69, 9.17) is 10.2 Å². The zero-order valence-electron chi connectivity index (χ0n) is 20.4. The molecule has 0 spiro atoms. The number of anilines is 2. The van der Waals surface area contributed by atoms with Gasteiger partial charge in [-0.15, -0.1) is 5.10 Å². The van der Waals surface area contributed by atoms with Gasteiger partial charge < -0.3 is 25.3 Å². The summed E-state index contributed by atoms with van der Waals surface area (Å²) in [7, 11) is 2.14. The number of carbonyl (C=O) groups is 1. The Balaban J connectivity index is 1.09. The van der Waals surface area contributed by atoms with E-state index in [-0.39, 0.29) is 11.7 Å². The number of fused-ring (bicyclic) bond motifs is 1. The second-order valence-corrected chi connectivity index (χ2v) is 9.13. The van der Waals surface area contributed by atoms with Crippen molar-refractivity contribution in [2.75, 3.05) is 57.4 Å². The summed E-state index contributed by atoms with van der Waals surface area (Å²) >= 11 is 0. The third kappa shape index (κ3) is 5.86. The molecule has 3 N–H and O–H groups in total. The molecular weight excluding hydrogens is 458 g/mol. The van der Waals surface area contributed by atoms with Gasteiger partial charge in [0.05, 0.1) is 6.26 Å². The van der Waals surface area contributed by atoms with Crippen LogP contribution in [0.4, 0.5) is 11.9 Å². The van der Waals surface area contributed by atoms with Gasteiger partial charge in [-0.25, -0.2) is 0 Å². The third-order valence-corrected chi connectivity index (χ3v) is 6.40. The van der Waals surface area contributed by atoms with Crippen LogP contribution in [0, 0.1) is 0 Å². The number of furan rings is 1. The number of aromatic nitrogens is 5. The standard InChI is InChI=1S/C25H31N9O2/c1-32-12-14-33(15-13-32)11-9-20(35)17-19-6-4-18(5-7-19)8-10-27-24-29-23(26)34-25(30-24)28-22(31-34)21-3-2-16-36-21/h2-7,16H,8-15,17H2,1H3,(H3,26,27,28,29,30,31). The van der Waals surface area contributed by atoms with Crippen molar-refractivity contribution in [3.05, 3.63) is 53.8 Å². The summed E-state index contributed by atoms with van der Waals surface area (Å²) in [5.74, 6) is 2.15. The van der Waals surface area contributed by atoms with Crippen molar-refractivity contribution >= 4 is 23.5 Å². The van der Waals surface area contributed by atoms with Crippen LogP contribution in [0.15, 0.2) is 47.1 Å². The second kappa shape index (κ2) is 10.8. The van der Waals surface area contributed by atoms with Crippen molar-refractivity contribution in [3.63, 3.8) is 0 Å². The number of nitrogens with two attached hydrogens (primary N) is 1. The Kier molecular flexibility index (Phi) is 7.19. The maximum absolute atomic E-state index is 12.4. The van der Waals surface area contributed by atoms with Gasteiger partial charge in [-0.3, -0.25) is 4.79 Å². The van der Waals surface area contributed by atoms with Crippen LogP contribution < -0.4 is 11.1 Å². The number of nitrogen functional groups attached to an aromatic ring is 1. The normalized spacial score (nSPS) is 14.9. The molecule has 1 saturated heterocycles. The predicted octanol–water partition coefficient (Wildman–Crippen LogP) is 1.77. The number of nitrogens with zero attached hydrogens (tertiary/aromatic N) is 7. The molecule has 0 amide bonds. The van der Waals surface area contributed by atoms with Crippen LogP contribution in [0.1, 0.15) is 17.5 Å². The van der Waals surface area contributed by atoms with E-state index in [0.29, 0.717) is 42.7 Å². The highest BCUT2D eigenvalue weighted by atomic mass is 16.3. The fourth-order valence-electron chi connectivity index (χ4n) is 4.21. The summed E-state index contributed by atoms with van der Waals surface area (Å²) in [6.07, 6.45) is 3.43. The Morgan fingerprint density at radius 1 is 1.06 bits per heavy atom. The molecule has 0 saturated carbocycles. The predicted molar refractivity (Wildman–Crippen MR) is 137 cm³/mol. The molecule has 1 fully saturated rings. The van der Waals surface area contributed by atoms with Gasteiger partial charge in [-0.2, -0.15) is 19.5 Å². The molecule has 0 atom stereocenters. The third-order valence-electron chi connectivity index (χ3n) is 6.40. The first kappa shape index (κ1) is 23.9. The number of hydrogen-bond acceptors (Lipinski definition) is 10. The van der Waals surface area contributed by atoms with Gasteiger partial charge in [0.1, 0.15) is 5.78 Å². The van der Waals surface area contributed by atoms with Gasteiger partial charge in [-0.05, 0) is 36.7 Å². The molecule has 188 valence electrons. The number of nitrogens with one attached hydrogen (secondary N) is 1. The van der Waals surface area contributed by atoms with Crippen LogP contribution in [0.25, 0.3) is 17.4 Å². The number of carbonyl (C=O) groups excluding carboxylic acids is 1. The van der Waals surface area contributed by atoms with Gasteiger partial charge in [-0.1, -0.05) is 24.3 Å². The summed E-state index contributed by atoms with van der Waals surface area (Å²) in [6.45, 7) is 5.72. The number of likely N-dealkylation sites (N-methyl/N-ethyl adjacent to an activating group) is 1.